The van der Waals surface area contributed by atoms with Crippen LogP contribution in [-0.4, -0.2) is 115 Å². The summed E-state index contributed by atoms with van der Waals surface area (Å²) in [4.78, 5) is 131. The Morgan fingerprint density at radius 2 is 1.24 bits per heavy atom. The Morgan fingerprint density at radius 1 is 0.600 bits per heavy atom. The smallest absolute Gasteiger partial charge is 0.239 e. The number of Topliss-reactive ketones (excluding diaryl/α,β-unsaturated/α-hetero) is 3. The number of nitrogens with one attached hydrogen (secondary N) is 5. The molecule has 5 rings (SSSR count). The molecule has 0 unspecified atom stereocenters. The number of rotatable bonds is 21. The molecule has 16 N–H and O–H groups in total. The van der Waals surface area contributed by atoms with Crippen LogP contribution in [0.3, 0.4) is 0 Å². The van der Waals surface area contributed by atoms with E-state index in [-0.39, 0.29) is 94.4 Å². The maximum Gasteiger partial charge on any atom is 0.239 e. The number of unbranched alkanes of at least 4 members (excludes halogenated alkanes) is 2. The van der Waals surface area contributed by atoms with Gasteiger partial charge < -0.3 is 60.4 Å². The highest BCUT2D eigenvalue weighted by Crippen LogP contribution is 2.25. The number of aromatic hydroxyl groups is 1. The van der Waals surface area contributed by atoms with Gasteiger partial charge in [-0.15, -0.1) is 0 Å². The van der Waals surface area contributed by atoms with Crippen molar-refractivity contribution < 1.29 is 48.3 Å². The number of fused-ring (bicyclic) bond motifs is 1. The molecule has 7 atom stereocenters. The number of hydrogen-bond acceptors (Lipinski definition) is 13. The van der Waals surface area contributed by atoms with Crippen molar-refractivity contribution in [3.05, 3.63) is 114 Å². The van der Waals surface area contributed by atoms with Gasteiger partial charge in [-0.05, 0) is 136 Å². The van der Waals surface area contributed by atoms with Crippen molar-refractivity contribution in [2.24, 2.45) is 57.3 Å². The van der Waals surface area contributed by atoms with Gasteiger partial charge in [-0.2, -0.15) is 0 Å². The van der Waals surface area contributed by atoms with Crippen LogP contribution in [0, 0.1) is 23.7 Å². The highest BCUT2D eigenvalue weighted by Gasteiger charge is 2.34. The number of benzene rings is 4. The summed E-state index contributed by atoms with van der Waals surface area (Å²) in [6, 6.07) is 25.7. The van der Waals surface area contributed by atoms with Gasteiger partial charge in [-0.3, -0.25) is 48.1 Å². The summed E-state index contributed by atoms with van der Waals surface area (Å²) in [7, 11) is 0. The predicted octanol–water partition coefficient (Wildman–Crippen LogP) is 3.75. The van der Waals surface area contributed by atoms with Crippen LogP contribution in [0.5, 0.6) is 5.75 Å². The van der Waals surface area contributed by atoms with Crippen molar-refractivity contribution >= 4 is 69.5 Å². The fraction of sp³-hybridized carbons (Fsp3) is 0.500. The van der Waals surface area contributed by atoms with E-state index in [0.717, 1.165) is 16.3 Å². The molecule has 21 nitrogen and oxygen atoms in total. The lowest BCUT2D eigenvalue weighted by Crippen LogP contribution is -2.48. The number of guanidine groups is 1. The van der Waals surface area contributed by atoms with Gasteiger partial charge in [0.05, 0.1) is 18.6 Å². The van der Waals surface area contributed by atoms with Gasteiger partial charge in [-0.25, -0.2) is 0 Å². The van der Waals surface area contributed by atoms with Gasteiger partial charge in [0.25, 0.3) is 0 Å². The minimum atomic E-state index is -1.20. The SMILES string of the molecule is NCCCC[C@@H]1CC(=O)[C@H](Cc2ccc(O)cc2)NC(=O)[C@H](Cc2ccccc2)CCCCCNC(=O)CC[C@H](C(=O)N[C@@H](CCCCN)C(N)=O)CC(=O)CNC(=O)[C@H](Cc2ccc3ccccc3c2)CC(=O)[C@@H](CCCN=C(N)N)NC1=O. The summed E-state index contributed by atoms with van der Waals surface area (Å²) in [5.74, 6) is -8.82. The van der Waals surface area contributed by atoms with Crippen LogP contribution in [-0.2, 0) is 62.4 Å². The molecule has 1 heterocycles. The highest BCUT2D eigenvalue weighted by molar-refractivity contribution is 5.97. The van der Waals surface area contributed by atoms with Gasteiger partial charge in [0, 0.05) is 62.4 Å². The first-order valence-corrected chi connectivity index (χ1v) is 30.0. The van der Waals surface area contributed by atoms with Gasteiger partial charge in [0.1, 0.15) is 11.8 Å². The first-order valence-electron chi connectivity index (χ1n) is 30.0. The monoisotopic (exact) mass is 1170 g/mol. The van der Waals surface area contributed by atoms with Crippen molar-refractivity contribution in [2.45, 2.75) is 147 Å². The third kappa shape index (κ3) is 24.6. The molecule has 460 valence electrons. The maximum atomic E-state index is 14.9. The number of nitrogens with two attached hydrogens (primary N) is 5. The number of phenolic OH excluding ortho intramolecular Hbond substituents is 1. The summed E-state index contributed by atoms with van der Waals surface area (Å²) in [6.45, 7) is 0.536. The van der Waals surface area contributed by atoms with Gasteiger partial charge in [-0.1, -0.05) is 104 Å². The zero-order valence-electron chi connectivity index (χ0n) is 48.9. The molecule has 0 spiro atoms. The lowest BCUT2D eigenvalue weighted by atomic mass is 9.87. The van der Waals surface area contributed by atoms with Crippen molar-refractivity contribution in [1.29, 1.82) is 0 Å². The summed E-state index contributed by atoms with van der Waals surface area (Å²) in [5.41, 5.74) is 30.8. The molecule has 0 aromatic heterocycles. The number of phenols is 1. The number of nitrogens with zero attached hydrogens (tertiary/aromatic N) is 1. The van der Waals surface area contributed by atoms with Gasteiger partial charge >= 0.3 is 0 Å². The van der Waals surface area contributed by atoms with Crippen LogP contribution < -0.4 is 55.3 Å². The Kier molecular flexibility index (Phi) is 29.2. The first kappa shape index (κ1) is 67.7. The largest absolute Gasteiger partial charge is 0.508 e. The van der Waals surface area contributed by atoms with Crippen molar-refractivity contribution in [3.8, 4) is 5.75 Å². The summed E-state index contributed by atoms with van der Waals surface area (Å²) in [5, 5.41) is 26.2. The zero-order chi connectivity index (χ0) is 61.5. The average Bonchev–Trinajstić information content (AvgIpc) is 3.69. The van der Waals surface area contributed by atoms with Crippen LogP contribution in [0.1, 0.15) is 126 Å². The lowest BCUT2D eigenvalue weighted by molar-refractivity contribution is -0.135. The standard InChI is InChI=1S/C64H89N11O10/c65-30-10-8-19-48-39-57(79)55(37-43-23-27-51(76)28-24-43)75-61(83)47(34-42-14-3-1-4-15-42)18-5-2-12-32-70-58(80)29-26-49(63(85)74-54(59(67)81)20-9-11-31-66)38-52(77)41-72-60(82)50(36-44-22-25-45-16-6-7-17-46(45)35-44)40-56(78)53(73-62(48)84)21-13-33-71-64(68)69/h1,3-4,6-7,14-17,22-25,27-28,35,47-50,53-55,76H,2,5,8-13,18-21,26,29-34,36-41,65-66H2,(H2,67,81)(H,70,80)(H,72,82)(H,73,84)(H,74,85)(H,75,83)(H4,68,69,71)/t47-,48+,49-,50+,53+,54-,55-/m0/s1. The number of carbonyl (C=O) groups excluding carboxylic acids is 9. The van der Waals surface area contributed by atoms with E-state index in [0.29, 0.717) is 82.0 Å². The molecular weight excluding hydrogens is 1080 g/mol. The van der Waals surface area contributed by atoms with E-state index >= 15 is 0 Å². The molecule has 85 heavy (non-hydrogen) atoms. The van der Waals surface area contributed by atoms with Crippen molar-refractivity contribution in [2.75, 3.05) is 32.7 Å². The molecule has 1 aliphatic heterocycles. The summed E-state index contributed by atoms with van der Waals surface area (Å²) >= 11 is 0. The van der Waals surface area contributed by atoms with E-state index in [1.54, 1.807) is 12.1 Å². The predicted molar refractivity (Wildman–Crippen MR) is 327 cm³/mol. The second-order valence-corrected chi connectivity index (χ2v) is 22.4. The Morgan fingerprint density at radius 3 is 1.95 bits per heavy atom. The van der Waals surface area contributed by atoms with Crippen molar-refractivity contribution in [1.82, 2.24) is 26.6 Å². The second-order valence-electron chi connectivity index (χ2n) is 22.4. The topological polar surface area (TPSA) is 376 Å². The Labute approximate surface area is 498 Å². The van der Waals surface area contributed by atoms with E-state index in [1.807, 2.05) is 72.8 Å². The fourth-order valence-corrected chi connectivity index (χ4v) is 10.7. The van der Waals surface area contributed by atoms with E-state index < -0.39 is 102 Å². The molecular formula is C64H89N11O10. The Hall–Kier alpha value is -8.04. The number of aliphatic imine (C=N–C) groups is 1. The Bertz CT molecular complexity index is 2860. The minimum Gasteiger partial charge on any atom is -0.508 e. The third-order valence-electron chi connectivity index (χ3n) is 15.5. The number of ketones is 3. The molecule has 6 amide bonds. The number of hydrogen-bond donors (Lipinski definition) is 11. The molecule has 21 heteroatoms. The average molecular weight is 1170 g/mol. The molecule has 1 saturated heterocycles. The number of amides is 6. The van der Waals surface area contributed by atoms with Crippen LogP contribution in [0.25, 0.3) is 10.8 Å². The normalized spacial score (nSPS) is 21.0. The molecule has 4 aromatic rings. The molecule has 1 aliphatic rings. The van der Waals surface area contributed by atoms with Crippen molar-refractivity contribution in [3.63, 3.8) is 0 Å². The van der Waals surface area contributed by atoms with Crippen LogP contribution in [0.2, 0.25) is 0 Å². The van der Waals surface area contributed by atoms with Crippen LogP contribution in [0.4, 0.5) is 0 Å². The molecule has 0 bridgehead atoms. The summed E-state index contributed by atoms with van der Waals surface area (Å²) < 4.78 is 0. The maximum absolute atomic E-state index is 14.9. The van der Waals surface area contributed by atoms with E-state index in [9.17, 15) is 48.3 Å². The molecule has 4 aromatic carbocycles. The number of carbonyl (C=O) groups is 9. The number of primary amides is 1. The molecule has 0 radical (unpaired) electrons. The van der Waals surface area contributed by atoms with Crippen LogP contribution in [0.15, 0.2) is 102 Å². The molecule has 0 saturated carbocycles. The summed E-state index contributed by atoms with van der Waals surface area (Å²) in [6.07, 6.45) is 4.07. The highest BCUT2D eigenvalue weighted by atomic mass is 16.3. The Balaban J connectivity index is 1.53. The first-order chi connectivity index (χ1) is 40.9. The van der Waals surface area contributed by atoms with Crippen LogP contribution >= 0.6 is 0 Å². The molecule has 1 fully saturated rings. The van der Waals surface area contributed by atoms with Gasteiger partial charge in [0.2, 0.25) is 35.4 Å². The fourth-order valence-electron chi connectivity index (χ4n) is 10.7. The van der Waals surface area contributed by atoms with E-state index in [1.165, 1.54) is 12.1 Å². The minimum absolute atomic E-state index is 0.0154. The van der Waals surface area contributed by atoms with Gasteiger partial charge in [0.15, 0.2) is 23.3 Å². The lowest BCUT2D eigenvalue weighted by Gasteiger charge is -2.26. The zero-order valence-corrected chi connectivity index (χ0v) is 48.9. The second kappa shape index (κ2) is 36.6. The quantitative estimate of drug-likeness (QED) is 0.0322. The molecule has 0 aliphatic carbocycles. The van der Waals surface area contributed by atoms with E-state index in [2.05, 4.69) is 31.6 Å². The third-order valence-corrected chi connectivity index (χ3v) is 15.5. The van der Waals surface area contributed by atoms with E-state index in [4.69, 9.17) is 28.7 Å².